The number of hydrogen-bond acceptors (Lipinski definition) is 6. The molecule has 7 nitrogen and oxygen atoms in total. The van der Waals surface area contributed by atoms with Gasteiger partial charge in [-0.25, -0.2) is 22.7 Å². The maximum atomic E-state index is 12.1. The molecule has 0 spiro atoms. The zero-order chi connectivity index (χ0) is 15.9. The predicted molar refractivity (Wildman–Crippen MR) is 74.4 cm³/mol. The molecule has 0 saturated heterocycles. The second-order valence-electron chi connectivity index (χ2n) is 4.08. The third kappa shape index (κ3) is 4.75. The molecule has 0 aliphatic rings. The molecule has 0 aromatic heterocycles. The van der Waals surface area contributed by atoms with Crippen molar-refractivity contribution in [1.29, 1.82) is 0 Å². The van der Waals surface area contributed by atoms with Gasteiger partial charge in [0.2, 0.25) is 0 Å². The molecule has 0 unspecified atom stereocenters. The Balaban J connectivity index is 2.93. The number of nitrogens with one attached hydrogen (secondary N) is 1. The van der Waals surface area contributed by atoms with E-state index in [1.165, 1.54) is 24.3 Å². The van der Waals surface area contributed by atoms with E-state index in [1.54, 1.807) is 4.72 Å². The van der Waals surface area contributed by atoms with E-state index in [4.69, 9.17) is 4.74 Å². The van der Waals surface area contributed by atoms with Crippen molar-refractivity contribution in [2.45, 2.75) is 24.7 Å². The predicted octanol–water partition coefficient (Wildman–Crippen LogP) is 1.69. The van der Waals surface area contributed by atoms with Crippen LogP contribution in [0.25, 0.3) is 0 Å². The highest BCUT2D eigenvalue weighted by Gasteiger charge is 2.24. The van der Waals surface area contributed by atoms with E-state index in [1.807, 2.05) is 6.92 Å². The smallest absolute Gasteiger partial charge is 0.421 e. The quantitative estimate of drug-likeness (QED) is 0.633. The van der Waals surface area contributed by atoms with Crippen molar-refractivity contribution in [3.8, 4) is 0 Å². The van der Waals surface area contributed by atoms with Crippen LogP contribution < -0.4 is 4.72 Å². The fourth-order valence-electron chi connectivity index (χ4n) is 1.48. The van der Waals surface area contributed by atoms with Gasteiger partial charge >= 0.3 is 12.1 Å². The molecule has 1 aromatic rings. The molecular formula is C13H17NO6S. The van der Waals surface area contributed by atoms with E-state index >= 15 is 0 Å². The molecule has 0 saturated carbocycles. The van der Waals surface area contributed by atoms with E-state index in [0.717, 1.165) is 13.5 Å². The van der Waals surface area contributed by atoms with Gasteiger partial charge < -0.3 is 9.47 Å². The van der Waals surface area contributed by atoms with Crippen LogP contribution in [0.1, 0.15) is 30.1 Å². The van der Waals surface area contributed by atoms with E-state index in [-0.39, 0.29) is 17.1 Å². The highest BCUT2D eigenvalue weighted by atomic mass is 32.2. The van der Waals surface area contributed by atoms with Crippen LogP contribution in [0.5, 0.6) is 0 Å². The van der Waals surface area contributed by atoms with Crippen molar-refractivity contribution in [3.05, 3.63) is 29.8 Å². The lowest BCUT2D eigenvalue weighted by atomic mass is 10.2. The number of sulfonamides is 1. The average molecular weight is 315 g/mol. The lowest BCUT2D eigenvalue weighted by molar-refractivity contribution is 0.0596. The van der Waals surface area contributed by atoms with Gasteiger partial charge in [-0.05, 0) is 18.6 Å². The third-order valence-corrected chi connectivity index (χ3v) is 3.90. The Bertz CT molecular complexity index is 611. The maximum absolute atomic E-state index is 12.1. The van der Waals surface area contributed by atoms with Gasteiger partial charge in [-0.3, -0.25) is 0 Å². The standard InChI is InChI=1S/C13H17NO6S/c1-3-4-9-20-13(16)14-21(17,18)11-8-6-5-7-10(11)12(15)19-2/h5-8H,3-4,9H2,1-2H3,(H,14,16). The summed E-state index contributed by atoms with van der Waals surface area (Å²) in [6.45, 7) is 2.03. The Hall–Kier alpha value is -2.09. The number of benzene rings is 1. The molecule has 0 fully saturated rings. The number of carbonyl (C=O) groups is 2. The summed E-state index contributed by atoms with van der Waals surface area (Å²) in [5.41, 5.74) is -0.158. The molecule has 1 aromatic carbocycles. The van der Waals surface area contributed by atoms with Gasteiger partial charge in [0.25, 0.3) is 10.0 Å². The molecule has 1 rings (SSSR count). The van der Waals surface area contributed by atoms with Crippen molar-refractivity contribution in [2.24, 2.45) is 0 Å². The van der Waals surface area contributed by atoms with Crippen molar-refractivity contribution in [2.75, 3.05) is 13.7 Å². The Kier molecular flexibility index (Phi) is 6.16. The van der Waals surface area contributed by atoms with Crippen LogP contribution >= 0.6 is 0 Å². The first-order chi connectivity index (χ1) is 9.92. The Morgan fingerprint density at radius 2 is 1.90 bits per heavy atom. The van der Waals surface area contributed by atoms with Crippen LogP contribution in [-0.2, 0) is 19.5 Å². The van der Waals surface area contributed by atoms with Crippen molar-refractivity contribution >= 4 is 22.1 Å². The van der Waals surface area contributed by atoms with Crippen LogP contribution in [0.3, 0.4) is 0 Å². The topological polar surface area (TPSA) is 98.8 Å². The summed E-state index contributed by atoms with van der Waals surface area (Å²) in [4.78, 5) is 22.6. The molecule has 0 radical (unpaired) electrons. The molecule has 0 heterocycles. The third-order valence-electron chi connectivity index (χ3n) is 2.53. The summed E-state index contributed by atoms with van der Waals surface area (Å²) >= 11 is 0. The number of carbonyl (C=O) groups excluding carboxylic acids is 2. The number of unbranched alkanes of at least 4 members (excludes halogenated alkanes) is 1. The SMILES string of the molecule is CCCCOC(=O)NS(=O)(=O)c1ccccc1C(=O)OC. The monoisotopic (exact) mass is 315 g/mol. The minimum absolute atomic E-state index is 0.122. The zero-order valence-electron chi connectivity index (χ0n) is 11.8. The van der Waals surface area contributed by atoms with Gasteiger partial charge in [0, 0.05) is 0 Å². The van der Waals surface area contributed by atoms with Gasteiger partial charge in [-0.15, -0.1) is 0 Å². The lowest BCUT2D eigenvalue weighted by Gasteiger charge is -2.10. The molecule has 0 aliphatic carbocycles. The van der Waals surface area contributed by atoms with Crippen molar-refractivity contribution in [1.82, 2.24) is 4.72 Å². The fraction of sp³-hybridized carbons (Fsp3) is 0.385. The van der Waals surface area contributed by atoms with E-state index < -0.39 is 22.1 Å². The molecule has 0 aliphatic heterocycles. The Labute approximate surface area is 123 Å². The Morgan fingerprint density at radius 1 is 1.24 bits per heavy atom. The molecule has 21 heavy (non-hydrogen) atoms. The van der Waals surface area contributed by atoms with Gasteiger partial charge in [0.1, 0.15) is 4.90 Å². The number of methoxy groups -OCH3 is 1. The first-order valence-corrected chi connectivity index (χ1v) is 7.77. The van der Waals surface area contributed by atoms with Crippen LogP contribution in [0.4, 0.5) is 4.79 Å². The second-order valence-corrected chi connectivity index (χ2v) is 5.73. The van der Waals surface area contributed by atoms with E-state index in [0.29, 0.717) is 6.42 Å². The molecule has 116 valence electrons. The van der Waals surface area contributed by atoms with Crippen LogP contribution in [0, 0.1) is 0 Å². The first kappa shape index (κ1) is 17.0. The van der Waals surface area contributed by atoms with Crippen molar-refractivity contribution < 1.29 is 27.5 Å². The van der Waals surface area contributed by atoms with E-state index in [9.17, 15) is 18.0 Å². The summed E-state index contributed by atoms with van der Waals surface area (Å²) < 4.78 is 35.2. The first-order valence-electron chi connectivity index (χ1n) is 6.29. The number of esters is 1. The fourth-order valence-corrected chi connectivity index (χ4v) is 2.57. The molecular weight excluding hydrogens is 298 g/mol. The summed E-state index contributed by atoms with van der Waals surface area (Å²) in [7, 11) is -3.07. The van der Waals surface area contributed by atoms with Crippen LogP contribution in [0.2, 0.25) is 0 Å². The molecule has 1 N–H and O–H groups in total. The average Bonchev–Trinajstić information content (AvgIpc) is 2.46. The summed E-state index contributed by atoms with van der Waals surface area (Å²) in [6, 6.07) is 5.42. The number of rotatable bonds is 6. The minimum atomic E-state index is -4.21. The zero-order valence-corrected chi connectivity index (χ0v) is 12.6. The normalized spacial score (nSPS) is 10.8. The van der Waals surface area contributed by atoms with Gasteiger partial charge in [0.15, 0.2) is 0 Å². The van der Waals surface area contributed by atoms with E-state index in [2.05, 4.69) is 4.74 Å². The summed E-state index contributed by atoms with van der Waals surface area (Å²) in [6.07, 6.45) is 0.361. The molecule has 0 bridgehead atoms. The number of ether oxygens (including phenoxy) is 2. The summed E-state index contributed by atoms with van der Waals surface area (Å²) in [5, 5.41) is 0. The molecule has 8 heteroatoms. The van der Waals surface area contributed by atoms with Crippen LogP contribution in [-0.4, -0.2) is 34.2 Å². The number of amides is 1. The molecule has 0 atom stereocenters. The highest BCUT2D eigenvalue weighted by Crippen LogP contribution is 2.16. The maximum Gasteiger partial charge on any atom is 0.421 e. The van der Waals surface area contributed by atoms with Crippen molar-refractivity contribution in [3.63, 3.8) is 0 Å². The Morgan fingerprint density at radius 3 is 2.52 bits per heavy atom. The van der Waals surface area contributed by atoms with Crippen LogP contribution in [0.15, 0.2) is 29.2 Å². The van der Waals surface area contributed by atoms with Gasteiger partial charge in [-0.2, -0.15) is 0 Å². The van der Waals surface area contributed by atoms with Gasteiger partial charge in [-0.1, -0.05) is 25.5 Å². The lowest BCUT2D eigenvalue weighted by Crippen LogP contribution is -2.32. The van der Waals surface area contributed by atoms with Gasteiger partial charge in [0.05, 0.1) is 19.3 Å². The second kappa shape index (κ2) is 7.63. The number of hydrogen-bond donors (Lipinski definition) is 1. The minimum Gasteiger partial charge on any atom is -0.465 e. The molecule has 1 amide bonds. The summed E-state index contributed by atoms with van der Waals surface area (Å²) in [5.74, 6) is -0.810. The largest absolute Gasteiger partial charge is 0.465 e. The highest BCUT2D eigenvalue weighted by molar-refractivity contribution is 7.90.